The number of benzene rings is 1. The molecule has 1 heterocycles. The lowest BCUT2D eigenvalue weighted by Gasteiger charge is -2.15. The molecule has 0 N–H and O–H groups in total. The molecule has 2 rings (SSSR count). The zero-order valence-electron chi connectivity index (χ0n) is 13.1. The highest BCUT2D eigenvalue weighted by Crippen LogP contribution is 2.31. The molecule has 0 aromatic heterocycles. The van der Waals surface area contributed by atoms with E-state index in [0.29, 0.717) is 24.1 Å². The topological polar surface area (TPSA) is 100 Å². The molecule has 0 saturated carbocycles. The predicted octanol–water partition coefficient (Wildman–Crippen LogP) is 2.38. The maximum Gasteiger partial charge on any atom is 0.416 e. The van der Waals surface area contributed by atoms with E-state index < -0.39 is 17.7 Å². The Morgan fingerprint density at radius 1 is 1.38 bits per heavy atom. The van der Waals surface area contributed by atoms with Crippen molar-refractivity contribution >= 4 is 45.0 Å². The summed E-state index contributed by atoms with van der Waals surface area (Å²) in [5.74, 6) is -1.82. The van der Waals surface area contributed by atoms with Crippen LogP contribution in [0.15, 0.2) is 22.7 Å². The molecule has 0 spiro atoms. The Morgan fingerprint density at radius 3 is 2.79 bits per heavy atom. The van der Waals surface area contributed by atoms with Gasteiger partial charge in [0.05, 0.1) is 24.3 Å². The molecule has 0 aliphatic carbocycles. The summed E-state index contributed by atoms with van der Waals surface area (Å²) in [5.41, 5.74) is 9.72. The van der Waals surface area contributed by atoms with Gasteiger partial charge in [0.15, 0.2) is 0 Å². The SMILES string of the molecule is CCCOC(=O)C(CCCN1C(=O)C(=O)c2cc(Br)ccc21)=[N+]=[N-]. The second-order valence-electron chi connectivity index (χ2n) is 5.23. The number of esters is 1. The highest BCUT2D eigenvalue weighted by Gasteiger charge is 2.35. The number of amides is 1. The number of rotatable bonds is 7. The van der Waals surface area contributed by atoms with E-state index >= 15 is 0 Å². The Hall–Kier alpha value is -2.31. The number of carbonyl (C=O) groups is 3. The van der Waals surface area contributed by atoms with Gasteiger partial charge in [0.1, 0.15) is 0 Å². The van der Waals surface area contributed by atoms with Crippen molar-refractivity contribution in [2.24, 2.45) is 0 Å². The fourth-order valence-corrected chi connectivity index (χ4v) is 2.73. The average molecular weight is 394 g/mol. The zero-order chi connectivity index (χ0) is 17.7. The van der Waals surface area contributed by atoms with Gasteiger partial charge in [-0.1, -0.05) is 22.9 Å². The quantitative estimate of drug-likeness (QED) is 0.233. The first-order valence-electron chi connectivity index (χ1n) is 7.53. The molecule has 0 bridgehead atoms. The van der Waals surface area contributed by atoms with Crippen molar-refractivity contribution < 1.29 is 23.9 Å². The number of nitrogens with zero attached hydrogens (tertiary/aromatic N) is 3. The van der Waals surface area contributed by atoms with Crippen molar-refractivity contribution in [1.82, 2.24) is 0 Å². The lowest BCUT2D eigenvalue weighted by Crippen LogP contribution is -2.31. The van der Waals surface area contributed by atoms with Gasteiger partial charge in [0, 0.05) is 11.0 Å². The van der Waals surface area contributed by atoms with Gasteiger partial charge in [0.25, 0.3) is 11.7 Å². The van der Waals surface area contributed by atoms with Crippen LogP contribution in [0.5, 0.6) is 0 Å². The fraction of sp³-hybridized carbons (Fsp3) is 0.375. The normalized spacial score (nSPS) is 12.8. The summed E-state index contributed by atoms with van der Waals surface area (Å²) in [6.45, 7) is 2.34. The lowest BCUT2D eigenvalue weighted by atomic mass is 10.1. The molecule has 7 nitrogen and oxygen atoms in total. The van der Waals surface area contributed by atoms with Crippen molar-refractivity contribution in [1.29, 1.82) is 0 Å². The highest BCUT2D eigenvalue weighted by atomic mass is 79.9. The largest absolute Gasteiger partial charge is 0.457 e. The number of ketones is 1. The van der Waals surface area contributed by atoms with E-state index in [2.05, 4.69) is 20.7 Å². The van der Waals surface area contributed by atoms with E-state index in [4.69, 9.17) is 10.3 Å². The monoisotopic (exact) mass is 393 g/mol. The van der Waals surface area contributed by atoms with Crippen molar-refractivity contribution in [2.45, 2.75) is 26.2 Å². The molecule has 1 aliphatic heterocycles. The first-order valence-corrected chi connectivity index (χ1v) is 8.32. The Bertz CT molecular complexity index is 741. The third kappa shape index (κ3) is 3.77. The summed E-state index contributed by atoms with van der Waals surface area (Å²) in [6.07, 6.45) is 1.17. The predicted molar refractivity (Wildman–Crippen MR) is 89.9 cm³/mol. The van der Waals surface area contributed by atoms with Crippen molar-refractivity contribution in [3.05, 3.63) is 33.8 Å². The summed E-state index contributed by atoms with van der Waals surface area (Å²) in [4.78, 5) is 40.1. The van der Waals surface area contributed by atoms with Gasteiger partial charge in [-0.15, -0.1) is 0 Å². The van der Waals surface area contributed by atoms with Crippen LogP contribution in [-0.2, 0) is 14.3 Å². The number of ether oxygens (including phenoxy) is 1. The maximum atomic E-state index is 12.1. The lowest BCUT2D eigenvalue weighted by molar-refractivity contribution is -0.140. The molecule has 1 aromatic rings. The van der Waals surface area contributed by atoms with Crippen molar-refractivity contribution in [2.75, 3.05) is 18.1 Å². The minimum absolute atomic E-state index is 0.0996. The number of Topliss-reactive ketones (excluding diaryl/α,β-unsaturated/α-hetero) is 1. The van der Waals surface area contributed by atoms with Gasteiger partial charge in [-0.3, -0.25) is 9.59 Å². The third-order valence-electron chi connectivity index (χ3n) is 3.52. The molecule has 0 atom stereocenters. The Kier molecular flexibility index (Phi) is 6.00. The molecule has 0 saturated heterocycles. The van der Waals surface area contributed by atoms with Gasteiger partial charge in [0.2, 0.25) is 0 Å². The molecule has 1 amide bonds. The van der Waals surface area contributed by atoms with Crippen molar-refractivity contribution in [3.8, 4) is 0 Å². The van der Waals surface area contributed by atoms with Crippen LogP contribution < -0.4 is 4.90 Å². The molecule has 1 aliphatic rings. The second kappa shape index (κ2) is 7.99. The Balaban J connectivity index is 2.00. The number of hydrogen-bond acceptors (Lipinski definition) is 4. The summed E-state index contributed by atoms with van der Waals surface area (Å²) in [6, 6.07) is 5.05. The van der Waals surface area contributed by atoms with Crippen LogP contribution in [0.4, 0.5) is 5.69 Å². The molecule has 1 aromatic carbocycles. The van der Waals surface area contributed by atoms with E-state index in [0.717, 1.165) is 4.47 Å². The molecule has 0 radical (unpaired) electrons. The van der Waals surface area contributed by atoms with E-state index in [-0.39, 0.29) is 25.3 Å². The van der Waals surface area contributed by atoms with Gasteiger partial charge in [-0.05, 0) is 31.0 Å². The molecular formula is C16H16BrN3O4. The minimum Gasteiger partial charge on any atom is -0.457 e. The van der Waals surface area contributed by atoms with Crippen molar-refractivity contribution in [3.63, 3.8) is 0 Å². The van der Waals surface area contributed by atoms with E-state index in [9.17, 15) is 14.4 Å². The smallest absolute Gasteiger partial charge is 0.416 e. The summed E-state index contributed by atoms with van der Waals surface area (Å²) in [5, 5.41) is 0. The Morgan fingerprint density at radius 2 is 2.12 bits per heavy atom. The minimum atomic E-state index is -0.674. The molecule has 0 fully saturated rings. The van der Waals surface area contributed by atoms with Gasteiger partial charge in [-0.2, -0.15) is 4.79 Å². The number of fused-ring (bicyclic) bond motifs is 1. The van der Waals surface area contributed by atoms with Crippen LogP contribution in [0.3, 0.4) is 0 Å². The molecular weight excluding hydrogens is 378 g/mol. The third-order valence-corrected chi connectivity index (χ3v) is 4.02. The number of halogens is 1. The number of hydrogen-bond donors (Lipinski definition) is 0. The molecule has 0 unspecified atom stereocenters. The standard InChI is InChI=1S/C16H16BrN3O4/c1-2-8-24-16(23)12(19-18)4-3-7-20-13-6-5-10(17)9-11(13)14(21)15(20)22/h5-6,9H,2-4,7-8H2,1H3. The second-order valence-corrected chi connectivity index (χ2v) is 6.15. The number of carbonyl (C=O) groups excluding carboxylic acids is 3. The van der Waals surface area contributed by atoms with E-state index in [1.807, 2.05) is 6.92 Å². The van der Waals surface area contributed by atoms with E-state index in [1.165, 1.54) is 4.90 Å². The summed E-state index contributed by atoms with van der Waals surface area (Å²) >= 11 is 3.27. The Labute approximate surface area is 147 Å². The van der Waals surface area contributed by atoms with Crippen LogP contribution >= 0.6 is 15.9 Å². The molecule has 8 heteroatoms. The van der Waals surface area contributed by atoms with Crippen LogP contribution in [0.25, 0.3) is 5.53 Å². The van der Waals surface area contributed by atoms with E-state index in [1.54, 1.807) is 18.2 Å². The van der Waals surface area contributed by atoms with Gasteiger partial charge < -0.3 is 15.2 Å². The van der Waals surface area contributed by atoms with Crippen LogP contribution in [-0.4, -0.2) is 41.3 Å². The summed E-state index contributed by atoms with van der Waals surface area (Å²) < 4.78 is 5.62. The van der Waals surface area contributed by atoms with Crippen LogP contribution in [0, 0.1) is 0 Å². The zero-order valence-corrected chi connectivity index (χ0v) is 14.7. The van der Waals surface area contributed by atoms with Crippen LogP contribution in [0.1, 0.15) is 36.5 Å². The maximum absolute atomic E-state index is 12.1. The molecule has 126 valence electrons. The van der Waals surface area contributed by atoms with Crippen LogP contribution in [0.2, 0.25) is 0 Å². The first-order chi connectivity index (χ1) is 11.5. The fourth-order valence-electron chi connectivity index (χ4n) is 2.37. The highest BCUT2D eigenvalue weighted by molar-refractivity contribution is 9.10. The first kappa shape index (κ1) is 18.0. The average Bonchev–Trinajstić information content (AvgIpc) is 2.81. The summed E-state index contributed by atoms with van der Waals surface area (Å²) in [7, 11) is 0. The molecule has 24 heavy (non-hydrogen) atoms. The van der Waals surface area contributed by atoms with Gasteiger partial charge in [-0.25, -0.2) is 4.79 Å². The number of anilines is 1. The van der Waals surface area contributed by atoms with Gasteiger partial charge >= 0.3 is 11.7 Å².